The van der Waals surface area contributed by atoms with Crippen LogP contribution in [0.1, 0.15) is 0 Å². The minimum atomic E-state index is -0.160. The van der Waals surface area contributed by atoms with Crippen LogP contribution >= 0.6 is 17.0 Å². The zero-order valence-electron chi connectivity index (χ0n) is 5.52. The summed E-state index contributed by atoms with van der Waals surface area (Å²) in [5.41, 5.74) is 0.273. The number of halogens is 1. The van der Waals surface area contributed by atoms with Crippen LogP contribution in [-0.4, -0.2) is 14.4 Å². The van der Waals surface area contributed by atoms with Gasteiger partial charge in [-0.05, 0) is 0 Å². The van der Waals surface area contributed by atoms with E-state index in [1.54, 1.807) is 29.2 Å². The van der Waals surface area contributed by atoms with Crippen molar-refractivity contribution in [2.24, 2.45) is 0 Å². The number of imidazole rings is 1. The Morgan fingerprint density at radius 3 is 3.00 bits per heavy atom. The van der Waals surface area contributed by atoms with Gasteiger partial charge in [-0.15, -0.1) is 17.0 Å². The van der Waals surface area contributed by atoms with Gasteiger partial charge in [0, 0.05) is 24.8 Å². The van der Waals surface area contributed by atoms with Crippen LogP contribution in [0, 0.1) is 0 Å². The number of nitrogens with one attached hydrogen (secondary N) is 1. The molecule has 0 saturated carbocycles. The first kappa shape index (κ1) is 8.00. The normalized spacial score (nSPS) is 9.45. The van der Waals surface area contributed by atoms with Gasteiger partial charge in [0.15, 0.2) is 0 Å². The van der Waals surface area contributed by atoms with E-state index in [1.165, 1.54) is 0 Å². The third-order valence-corrected chi connectivity index (χ3v) is 1.32. The van der Waals surface area contributed by atoms with E-state index in [4.69, 9.17) is 0 Å². The molecule has 2 rings (SSSR count). The molecule has 0 amide bonds. The van der Waals surface area contributed by atoms with Gasteiger partial charge in [0.1, 0.15) is 0 Å². The maximum Gasteiger partial charge on any atom is 0.291 e. The van der Waals surface area contributed by atoms with Crippen molar-refractivity contribution in [2.75, 3.05) is 0 Å². The minimum Gasteiger partial charge on any atom is -0.324 e. The average Bonchev–Trinajstić information content (AvgIpc) is 2.36. The van der Waals surface area contributed by atoms with Crippen molar-refractivity contribution in [3.8, 4) is 0 Å². The molecule has 5 heteroatoms. The van der Waals surface area contributed by atoms with E-state index in [9.17, 15) is 4.79 Å². The van der Waals surface area contributed by atoms with Crippen LogP contribution in [0.15, 0.2) is 29.6 Å². The maximum absolute atomic E-state index is 10.9. The molecule has 0 aromatic carbocycles. The third kappa shape index (κ3) is 1.19. The first-order chi connectivity index (χ1) is 4.88. The minimum absolute atomic E-state index is 0. The zero-order chi connectivity index (χ0) is 6.97. The highest BCUT2D eigenvalue weighted by molar-refractivity contribution is 8.93. The molecular weight excluding hydrogens is 210 g/mol. The first-order valence-corrected chi connectivity index (χ1v) is 2.88. The molecule has 0 unspecified atom stereocenters. The van der Waals surface area contributed by atoms with Crippen LogP contribution in [-0.2, 0) is 0 Å². The van der Waals surface area contributed by atoms with Crippen LogP contribution in [0.2, 0.25) is 0 Å². The van der Waals surface area contributed by atoms with Crippen molar-refractivity contribution in [3.63, 3.8) is 0 Å². The van der Waals surface area contributed by atoms with Gasteiger partial charge >= 0.3 is 0 Å². The second-order valence-electron chi connectivity index (χ2n) is 1.95. The fraction of sp³-hybridized carbons (Fsp3) is 0. The molecule has 11 heavy (non-hydrogen) atoms. The molecule has 0 aliphatic rings. The molecule has 2 aromatic rings. The summed E-state index contributed by atoms with van der Waals surface area (Å²) in [4.78, 5) is 17.3. The van der Waals surface area contributed by atoms with E-state index in [1.807, 2.05) is 0 Å². The molecule has 4 nitrogen and oxygen atoms in total. The number of fused-ring (bicyclic) bond motifs is 1. The van der Waals surface area contributed by atoms with Crippen LogP contribution in [0.25, 0.3) is 5.65 Å². The maximum atomic E-state index is 10.9. The van der Waals surface area contributed by atoms with E-state index in [-0.39, 0.29) is 22.5 Å². The molecule has 0 aliphatic carbocycles. The number of hydrogen-bond acceptors (Lipinski definition) is 2. The molecular formula is C6H6BrN3O. The predicted molar refractivity (Wildman–Crippen MR) is 46.1 cm³/mol. The molecule has 0 aliphatic heterocycles. The van der Waals surface area contributed by atoms with Gasteiger partial charge in [0.2, 0.25) is 5.65 Å². The van der Waals surface area contributed by atoms with E-state index in [0.29, 0.717) is 5.65 Å². The van der Waals surface area contributed by atoms with Crippen LogP contribution < -0.4 is 5.56 Å². The van der Waals surface area contributed by atoms with E-state index >= 15 is 0 Å². The van der Waals surface area contributed by atoms with Crippen molar-refractivity contribution in [2.45, 2.75) is 0 Å². The SMILES string of the molecule is Br.O=c1[nH]ccn2ccnc12. The molecule has 0 atom stereocenters. The van der Waals surface area contributed by atoms with Gasteiger partial charge in [-0.2, -0.15) is 0 Å². The number of hydrogen-bond donors (Lipinski definition) is 1. The fourth-order valence-electron chi connectivity index (χ4n) is 0.867. The molecule has 1 N–H and O–H groups in total. The summed E-state index contributed by atoms with van der Waals surface area (Å²) < 4.78 is 1.67. The molecule has 2 aromatic heterocycles. The Morgan fingerprint density at radius 1 is 1.45 bits per heavy atom. The number of aromatic amines is 1. The summed E-state index contributed by atoms with van der Waals surface area (Å²) in [6.45, 7) is 0. The molecule has 0 bridgehead atoms. The number of aromatic nitrogens is 3. The van der Waals surface area contributed by atoms with Gasteiger partial charge < -0.3 is 9.38 Å². The highest BCUT2D eigenvalue weighted by Gasteiger charge is 1.94. The lowest BCUT2D eigenvalue weighted by Crippen LogP contribution is -2.07. The highest BCUT2D eigenvalue weighted by atomic mass is 79.9. The Hall–Kier alpha value is -1.10. The summed E-state index contributed by atoms with van der Waals surface area (Å²) in [7, 11) is 0. The second-order valence-corrected chi connectivity index (χ2v) is 1.95. The van der Waals surface area contributed by atoms with Crippen LogP contribution in [0.4, 0.5) is 0 Å². The summed E-state index contributed by atoms with van der Waals surface area (Å²) in [5, 5.41) is 0. The Bertz CT molecular complexity index is 405. The molecule has 0 radical (unpaired) electrons. The summed E-state index contributed by atoms with van der Waals surface area (Å²) >= 11 is 0. The molecule has 0 fully saturated rings. The van der Waals surface area contributed by atoms with Crippen LogP contribution in [0.3, 0.4) is 0 Å². The smallest absolute Gasteiger partial charge is 0.291 e. The third-order valence-electron chi connectivity index (χ3n) is 1.32. The number of rotatable bonds is 0. The molecule has 0 saturated heterocycles. The highest BCUT2D eigenvalue weighted by Crippen LogP contribution is 1.88. The summed E-state index contributed by atoms with van der Waals surface area (Å²) in [6, 6.07) is 0. The second kappa shape index (κ2) is 2.87. The number of nitrogens with zero attached hydrogens (tertiary/aromatic N) is 2. The van der Waals surface area contributed by atoms with Gasteiger partial charge in [0.05, 0.1) is 0 Å². The molecule has 58 valence electrons. The quantitative estimate of drug-likeness (QED) is 0.700. The summed E-state index contributed by atoms with van der Waals surface area (Å²) in [5.74, 6) is 0. The van der Waals surface area contributed by atoms with E-state index < -0.39 is 0 Å². The Balaban J connectivity index is 0.000000605. The fourth-order valence-corrected chi connectivity index (χ4v) is 0.867. The molecule has 0 spiro atoms. The van der Waals surface area contributed by atoms with E-state index in [2.05, 4.69) is 9.97 Å². The van der Waals surface area contributed by atoms with E-state index in [0.717, 1.165) is 0 Å². The van der Waals surface area contributed by atoms with Gasteiger partial charge in [-0.25, -0.2) is 4.98 Å². The topological polar surface area (TPSA) is 50.2 Å². The van der Waals surface area contributed by atoms with Crippen LogP contribution in [0.5, 0.6) is 0 Å². The molecule has 2 heterocycles. The first-order valence-electron chi connectivity index (χ1n) is 2.88. The van der Waals surface area contributed by atoms with Gasteiger partial charge in [-0.3, -0.25) is 4.79 Å². The van der Waals surface area contributed by atoms with Gasteiger partial charge in [-0.1, -0.05) is 0 Å². The van der Waals surface area contributed by atoms with Gasteiger partial charge in [0.25, 0.3) is 5.56 Å². The predicted octanol–water partition coefficient (Wildman–Crippen LogP) is 0.600. The largest absolute Gasteiger partial charge is 0.324 e. The standard InChI is InChI=1S/C6H5N3O.BrH/c10-6-5-7-1-3-9(5)4-2-8-6;/h1-4H,(H,8,10);1H. The Kier molecular flexibility index (Phi) is 2.09. The Morgan fingerprint density at radius 2 is 2.27 bits per heavy atom. The van der Waals surface area contributed by atoms with Crippen molar-refractivity contribution >= 4 is 22.6 Å². The lowest BCUT2D eigenvalue weighted by Gasteiger charge is -1.86. The van der Waals surface area contributed by atoms with Crippen molar-refractivity contribution in [1.29, 1.82) is 0 Å². The zero-order valence-corrected chi connectivity index (χ0v) is 7.23. The van der Waals surface area contributed by atoms with Crippen molar-refractivity contribution < 1.29 is 0 Å². The van der Waals surface area contributed by atoms with Crippen molar-refractivity contribution in [3.05, 3.63) is 35.1 Å². The summed E-state index contributed by atoms with van der Waals surface area (Å²) in [6.07, 6.45) is 6.63. The lowest BCUT2D eigenvalue weighted by atomic mass is 10.7. The average molecular weight is 216 g/mol. The Labute approximate surface area is 72.7 Å². The lowest BCUT2D eigenvalue weighted by molar-refractivity contribution is 1.09. The van der Waals surface area contributed by atoms with Crippen molar-refractivity contribution in [1.82, 2.24) is 14.4 Å². The number of H-pyrrole nitrogens is 1. The monoisotopic (exact) mass is 215 g/mol.